The van der Waals surface area contributed by atoms with Gasteiger partial charge in [-0.1, -0.05) is 12.1 Å². The number of rotatable bonds is 5. The van der Waals surface area contributed by atoms with Gasteiger partial charge in [0.1, 0.15) is 5.75 Å². The Bertz CT molecular complexity index is 730. The quantitative estimate of drug-likeness (QED) is 0.792. The normalized spacial score (nSPS) is 11.1. The van der Waals surface area contributed by atoms with Crippen molar-refractivity contribution in [2.24, 2.45) is 0 Å². The first kappa shape index (κ1) is 15.7. The van der Waals surface area contributed by atoms with Gasteiger partial charge >= 0.3 is 0 Å². The van der Waals surface area contributed by atoms with Crippen LogP contribution in [-0.4, -0.2) is 15.5 Å². The number of sulfonamides is 1. The Morgan fingerprint density at radius 1 is 1.19 bits per heavy atom. The molecule has 2 aromatic carbocycles. The van der Waals surface area contributed by atoms with Crippen molar-refractivity contribution < 1.29 is 13.2 Å². The molecule has 0 spiro atoms. The average Bonchev–Trinajstić information content (AvgIpc) is 2.43. The first-order valence-electron chi connectivity index (χ1n) is 6.08. The maximum Gasteiger partial charge on any atom is 0.236 e. The van der Waals surface area contributed by atoms with Crippen molar-refractivity contribution >= 4 is 37.3 Å². The summed E-state index contributed by atoms with van der Waals surface area (Å²) in [5, 5.41) is 0. The van der Waals surface area contributed by atoms with Crippen molar-refractivity contribution in [2.45, 2.75) is 5.75 Å². The summed E-state index contributed by atoms with van der Waals surface area (Å²) < 4.78 is 32.7. The third-order valence-corrected chi connectivity index (χ3v) is 4.71. The summed E-state index contributed by atoms with van der Waals surface area (Å²) in [4.78, 5) is 0. The highest BCUT2D eigenvalue weighted by Crippen LogP contribution is 2.28. The lowest BCUT2D eigenvalue weighted by Gasteiger charge is -2.11. The molecule has 3 N–H and O–H groups in total. The number of anilines is 2. The minimum absolute atomic E-state index is 0.128. The fraction of sp³-hybridized carbons (Fsp3) is 0.143. The van der Waals surface area contributed by atoms with E-state index in [2.05, 4.69) is 20.7 Å². The van der Waals surface area contributed by atoms with Gasteiger partial charge in [0.05, 0.1) is 18.6 Å². The van der Waals surface area contributed by atoms with Gasteiger partial charge in [0.25, 0.3) is 0 Å². The smallest absolute Gasteiger partial charge is 0.236 e. The zero-order valence-electron chi connectivity index (χ0n) is 11.3. The summed E-state index contributed by atoms with van der Waals surface area (Å²) in [5.41, 5.74) is 7.28. The maximum absolute atomic E-state index is 12.2. The number of nitrogens with two attached hydrogens (primary N) is 1. The Kier molecular flexibility index (Phi) is 4.74. The van der Waals surface area contributed by atoms with E-state index in [0.29, 0.717) is 27.2 Å². The van der Waals surface area contributed by atoms with Gasteiger partial charge in [-0.05, 0) is 45.8 Å². The highest BCUT2D eigenvalue weighted by Gasteiger charge is 2.14. The van der Waals surface area contributed by atoms with Crippen LogP contribution in [0.1, 0.15) is 5.56 Å². The minimum Gasteiger partial charge on any atom is -0.497 e. The third-order valence-electron chi connectivity index (χ3n) is 2.78. The Morgan fingerprint density at radius 2 is 1.86 bits per heavy atom. The van der Waals surface area contributed by atoms with Gasteiger partial charge in [0.2, 0.25) is 10.0 Å². The zero-order chi connectivity index (χ0) is 15.5. The Hall–Kier alpha value is -1.73. The topological polar surface area (TPSA) is 81.4 Å². The van der Waals surface area contributed by atoms with Gasteiger partial charge in [-0.2, -0.15) is 0 Å². The van der Waals surface area contributed by atoms with E-state index < -0.39 is 10.0 Å². The van der Waals surface area contributed by atoms with E-state index in [-0.39, 0.29) is 5.75 Å². The molecule has 21 heavy (non-hydrogen) atoms. The summed E-state index contributed by atoms with van der Waals surface area (Å²) in [6, 6.07) is 11.8. The summed E-state index contributed by atoms with van der Waals surface area (Å²) in [6.45, 7) is 0. The van der Waals surface area contributed by atoms with Crippen LogP contribution < -0.4 is 15.2 Å². The standard InChI is InChI=1S/C14H15BrN2O3S/c1-20-12-6-7-13(15)14(8-12)17-21(18,19)9-10-2-4-11(16)5-3-10/h2-8,17H,9,16H2,1H3. The van der Waals surface area contributed by atoms with Gasteiger partial charge in [-0.15, -0.1) is 0 Å². The molecule has 0 radical (unpaired) electrons. The van der Waals surface area contributed by atoms with Crippen LogP contribution in [0.3, 0.4) is 0 Å². The number of hydrogen-bond donors (Lipinski definition) is 2. The molecular formula is C14H15BrN2O3S. The lowest BCUT2D eigenvalue weighted by atomic mass is 10.2. The molecule has 0 aromatic heterocycles. The second kappa shape index (κ2) is 6.36. The van der Waals surface area contributed by atoms with Gasteiger partial charge in [0, 0.05) is 16.2 Å². The molecule has 0 bridgehead atoms. The number of benzene rings is 2. The first-order chi connectivity index (χ1) is 9.89. The molecular weight excluding hydrogens is 356 g/mol. The molecule has 0 aliphatic carbocycles. The van der Waals surface area contributed by atoms with Crippen LogP contribution >= 0.6 is 15.9 Å². The fourth-order valence-corrected chi connectivity index (χ4v) is 3.43. The minimum atomic E-state index is -3.52. The molecule has 0 aliphatic rings. The number of methoxy groups -OCH3 is 1. The number of ether oxygens (including phenoxy) is 1. The largest absolute Gasteiger partial charge is 0.497 e. The predicted molar refractivity (Wildman–Crippen MR) is 87.8 cm³/mol. The average molecular weight is 371 g/mol. The molecule has 112 valence electrons. The number of nitrogen functional groups attached to an aromatic ring is 1. The number of halogens is 1. The zero-order valence-corrected chi connectivity index (χ0v) is 13.7. The highest BCUT2D eigenvalue weighted by atomic mass is 79.9. The monoisotopic (exact) mass is 370 g/mol. The molecule has 0 heterocycles. The Balaban J connectivity index is 2.19. The molecule has 0 saturated carbocycles. The second-order valence-corrected chi connectivity index (χ2v) is 7.03. The molecule has 0 saturated heterocycles. The van der Waals surface area contributed by atoms with Gasteiger partial charge < -0.3 is 10.5 Å². The van der Waals surface area contributed by atoms with E-state index in [9.17, 15) is 8.42 Å². The number of nitrogens with one attached hydrogen (secondary N) is 1. The van der Waals surface area contributed by atoms with E-state index in [0.717, 1.165) is 0 Å². The Morgan fingerprint density at radius 3 is 2.48 bits per heavy atom. The van der Waals surface area contributed by atoms with Gasteiger partial charge in [0.15, 0.2) is 0 Å². The lowest BCUT2D eigenvalue weighted by Crippen LogP contribution is -2.15. The van der Waals surface area contributed by atoms with E-state index in [1.807, 2.05) is 0 Å². The van der Waals surface area contributed by atoms with E-state index >= 15 is 0 Å². The lowest BCUT2D eigenvalue weighted by molar-refractivity contribution is 0.415. The van der Waals surface area contributed by atoms with Crippen LogP contribution in [0.4, 0.5) is 11.4 Å². The molecule has 0 unspecified atom stereocenters. The van der Waals surface area contributed by atoms with Crippen LogP contribution in [0.5, 0.6) is 5.75 Å². The van der Waals surface area contributed by atoms with Crippen molar-refractivity contribution in [1.82, 2.24) is 0 Å². The highest BCUT2D eigenvalue weighted by molar-refractivity contribution is 9.10. The van der Waals surface area contributed by atoms with Crippen molar-refractivity contribution in [3.8, 4) is 5.75 Å². The molecule has 0 fully saturated rings. The molecule has 2 rings (SSSR count). The summed E-state index contributed by atoms with van der Waals surface area (Å²) >= 11 is 3.31. The maximum atomic E-state index is 12.2. The van der Waals surface area contributed by atoms with Crippen LogP contribution in [0.25, 0.3) is 0 Å². The molecule has 0 aliphatic heterocycles. The summed E-state index contributed by atoms with van der Waals surface area (Å²) in [6.07, 6.45) is 0. The molecule has 0 amide bonds. The van der Waals surface area contributed by atoms with E-state index in [4.69, 9.17) is 10.5 Å². The van der Waals surface area contributed by atoms with Crippen molar-refractivity contribution in [3.63, 3.8) is 0 Å². The first-order valence-corrected chi connectivity index (χ1v) is 8.52. The molecule has 5 nitrogen and oxygen atoms in total. The van der Waals surface area contributed by atoms with E-state index in [1.54, 1.807) is 42.5 Å². The molecule has 7 heteroatoms. The Labute approximate surface area is 132 Å². The van der Waals surface area contributed by atoms with Crippen LogP contribution in [0, 0.1) is 0 Å². The molecule has 2 aromatic rings. The second-order valence-electron chi connectivity index (χ2n) is 4.45. The SMILES string of the molecule is COc1ccc(Br)c(NS(=O)(=O)Cc2ccc(N)cc2)c1. The van der Waals surface area contributed by atoms with Gasteiger partial charge in [-0.3, -0.25) is 4.72 Å². The molecule has 0 atom stereocenters. The van der Waals surface area contributed by atoms with Crippen molar-refractivity contribution in [3.05, 3.63) is 52.5 Å². The summed E-state index contributed by atoms with van der Waals surface area (Å²) in [5.74, 6) is 0.445. The fourth-order valence-electron chi connectivity index (χ4n) is 1.75. The predicted octanol–water partition coefficient (Wildman–Crippen LogP) is 2.98. The van der Waals surface area contributed by atoms with Crippen LogP contribution in [0.2, 0.25) is 0 Å². The number of hydrogen-bond acceptors (Lipinski definition) is 4. The van der Waals surface area contributed by atoms with Crippen molar-refractivity contribution in [1.29, 1.82) is 0 Å². The van der Waals surface area contributed by atoms with Crippen molar-refractivity contribution in [2.75, 3.05) is 17.6 Å². The van der Waals surface area contributed by atoms with Gasteiger partial charge in [-0.25, -0.2) is 8.42 Å². The van der Waals surface area contributed by atoms with Crippen LogP contribution in [0.15, 0.2) is 46.9 Å². The van der Waals surface area contributed by atoms with E-state index in [1.165, 1.54) is 7.11 Å². The summed E-state index contributed by atoms with van der Waals surface area (Å²) in [7, 11) is -2.00. The third kappa shape index (κ3) is 4.37. The van der Waals surface area contributed by atoms with Crippen LogP contribution in [-0.2, 0) is 15.8 Å².